The van der Waals surface area contributed by atoms with E-state index in [0.717, 1.165) is 32.7 Å². The van der Waals surface area contributed by atoms with Crippen LogP contribution in [0.5, 0.6) is 11.6 Å². The molecule has 3 aromatic rings. The molecule has 0 radical (unpaired) electrons. The summed E-state index contributed by atoms with van der Waals surface area (Å²) in [6.07, 6.45) is 0. The van der Waals surface area contributed by atoms with Gasteiger partial charge in [-0.25, -0.2) is 4.68 Å². The number of methoxy groups -OCH3 is 1. The minimum atomic E-state index is -0.358. The molecule has 2 heterocycles. The largest absolute Gasteiger partial charge is 0.497 e. The summed E-state index contributed by atoms with van der Waals surface area (Å²) in [4.78, 5) is 0. The summed E-state index contributed by atoms with van der Waals surface area (Å²) in [5.74, 6) is 1.00. The number of allylic oxidation sites excluding steroid dienone is 1. The fourth-order valence-electron chi connectivity index (χ4n) is 3.40. The molecule has 7 heteroatoms. The van der Waals surface area contributed by atoms with Gasteiger partial charge in [-0.2, -0.15) is 10.4 Å². The number of benzene rings is 2. The second-order valence-electron chi connectivity index (χ2n) is 6.39. The van der Waals surface area contributed by atoms with E-state index in [0.29, 0.717) is 11.5 Å². The number of ether oxygens (including phenoxy) is 2. The van der Waals surface area contributed by atoms with Gasteiger partial charge < -0.3 is 15.2 Å². The highest BCUT2D eigenvalue weighted by molar-refractivity contribution is 9.10. The van der Waals surface area contributed by atoms with Gasteiger partial charge in [0.05, 0.1) is 30.0 Å². The van der Waals surface area contributed by atoms with Crippen molar-refractivity contribution in [3.63, 3.8) is 0 Å². The number of fused-ring (bicyclic) bond motifs is 1. The van der Waals surface area contributed by atoms with Gasteiger partial charge >= 0.3 is 0 Å². The number of nitriles is 1. The average molecular weight is 437 g/mol. The summed E-state index contributed by atoms with van der Waals surface area (Å²) in [6.45, 7) is 1.91. The topological polar surface area (TPSA) is 86.1 Å². The van der Waals surface area contributed by atoms with Gasteiger partial charge in [0.1, 0.15) is 17.4 Å². The zero-order valence-electron chi connectivity index (χ0n) is 15.3. The van der Waals surface area contributed by atoms with Crippen molar-refractivity contribution in [3.05, 3.63) is 81.3 Å². The Labute approximate surface area is 170 Å². The van der Waals surface area contributed by atoms with Crippen molar-refractivity contribution in [2.24, 2.45) is 5.73 Å². The van der Waals surface area contributed by atoms with Gasteiger partial charge in [0.15, 0.2) is 0 Å². The molecule has 0 spiro atoms. The van der Waals surface area contributed by atoms with Gasteiger partial charge in [-0.15, -0.1) is 0 Å². The van der Waals surface area contributed by atoms with Crippen LogP contribution in [0.2, 0.25) is 0 Å². The van der Waals surface area contributed by atoms with Crippen LogP contribution in [0.3, 0.4) is 0 Å². The first kappa shape index (κ1) is 18.1. The molecule has 140 valence electrons. The van der Waals surface area contributed by atoms with Crippen LogP contribution in [-0.2, 0) is 0 Å². The molecule has 0 aliphatic carbocycles. The maximum Gasteiger partial charge on any atom is 0.229 e. The van der Waals surface area contributed by atoms with Crippen LogP contribution in [0, 0.1) is 18.3 Å². The highest BCUT2D eigenvalue weighted by atomic mass is 79.9. The van der Waals surface area contributed by atoms with E-state index >= 15 is 0 Å². The lowest BCUT2D eigenvalue weighted by atomic mass is 9.84. The van der Waals surface area contributed by atoms with Crippen LogP contribution in [0.4, 0.5) is 0 Å². The molecule has 1 aromatic heterocycles. The lowest BCUT2D eigenvalue weighted by Crippen LogP contribution is -2.22. The molecule has 1 atom stereocenters. The Balaban J connectivity index is 1.91. The zero-order valence-corrected chi connectivity index (χ0v) is 16.9. The highest BCUT2D eigenvalue weighted by Gasteiger charge is 2.36. The van der Waals surface area contributed by atoms with Crippen LogP contribution >= 0.6 is 15.9 Å². The second kappa shape index (κ2) is 7.06. The van der Waals surface area contributed by atoms with Crippen LogP contribution in [0.1, 0.15) is 22.7 Å². The third kappa shape index (κ3) is 2.92. The standard InChI is InChI=1S/C21H17BrN4O2/c1-12-18-19(13-3-9-16(27-2)10-4-13)17(11-23)20(24)28-21(18)26(25-12)15-7-5-14(22)6-8-15/h3-10,19H,24H2,1-2H3/t19-/m0/s1. The molecule has 0 unspecified atom stereocenters. The number of aryl methyl sites for hydroxylation is 1. The average Bonchev–Trinajstić information content (AvgIpc) is 3.03. The molecule has 0 bridgehead atoms. The zero-order chi connectivity index (χ0) is 19.8. The third-order valence-corrected chi connectivity index (χ3v) is 5.28. The summed E-state index contributed by atoms with van der Waals surface area (Å²) < 4.78 is 13.8. The first-order chi connectivity index (χ1) is 13.5. The van der Waals surface area contributed by atoms with E-state index in [1.807, 2.05) is 55.5 Å². The molecule has 0 amide bonds. The monoisotopic (exact) mass is 436 g/mol. The lowest BCUT2D eigenvalue weighted by Gasteiger charge is -2.25. The number of nitrogens with zero attached hydrogens (tertiary/aromatic N) is 3. The quantitative estimate of drug-likeness (QED) is 0.665. The third-order valence-electron chi connectivity index (χ3n) is 4.75. The van der Waals surface area contributed by atoms with Crippen molar-refractivity contribution in [2.75, 3.05) is 7.11 Å². The first-order valence-corrected chi connectivity index (χ1v) is 9.39. The summed E-state index contributed by atoms with van der Waals surface area (Å²) in [5, 5.41) is 14.4. The van der Waals surface area contributed by atoms with Gasteiger partial charge in [-0.05, 0) is 48.9 Å². The molecule has 6 nitrogen and oxygen atoms in total. The number of hydrogen-bond donors (Lipinski definition) is 1. The minimum Gasteiger partial charge on any atom is -0.497 e. The molecular formula is C21H17BrN4O2. The fraction of sp³-hybridized carbons (Fsp3) is 0.143. The van der Waals surface area contributed by atoms with Gasteiger partial charge in [-0.3, -0.25) is 0 Å². The molecular weight excluding hydrogens is 420 g/mol. The van der Waals surface area contributed by atoms with Crippen molar-refractivity contribution in [2.45, 2.75) is 12.8 Å². The SMILES string of the molecule is COc1ccc([C@H]2C(C#N)=C(N)Oc3c2c(C)nn3-c2ccc(Br)cc2)cc1. The van der Waals surface area contributed by atoms with E-state index in [1.165, 1.54) is 0 Å². The summed E-state index contributed by atoms with van der Waals surface area (Å²) in [6, 6.07) is 17.5. The summed E-state index contributed by atoms with van der Waals surface area (Å²) in [5.41, 5.74) is 9.87. The molecule has 2 aromatic carbocycles. The Kier molecular flexibility index (Phi) is 4.57. The number of hydrogen-bond acceptors (Lipinski definition) is 5. The smallest absolute Gasteiger partial charge is 0.229 e. The van der Waals surface area contributed by atoms with Gasteiger partial charge in [-0.1, -0.05) is 28.1 Å². The molecule has 4 rings (SSSR count). The van der Waals surface area contributed by atoms with E-state index in [-0.39, 0.29) is 11.8 Å². The summed E-state index contributed by atoms with van der Waals surface area (Å²) >= 11 is 3.44. The van der Waals surface area contributed by atoms with Crippen LogP contribution in [0.15, 0.2) is 64.5 Å². The predicted molar refractivity (Wildman–Crippen MR) is 108 cm³/mol. The maximum atomic E-state index is 9.74. The molecule has 2 N–H and O–H groups in total. The van der Waals surface area contributed by atoms with E-state index in [9.17, 15) is 5.26 Å². The highest BCUT2D eigenvalue weighted by Crippen LogP contribution is 2.44. The Morgan fingerprint density at radius 1 is 1.18 bits per heavy atom. The number of nitrogens with two attached hydrogens (primary N) is 1. The van der Waals surface area contributed by atoms with E-state index in [1.54, 1.807) is 11.8 Å². The molecule has 0 saturated carbocycles. The molecule has 1 aliphatic rings. The summed E-state index contributed by atoms with van der Waals surface area (Å²) in [7, 11) is 1.62. The lowest BCUT2D eigenvalue weighted by molar-refractivity contribution is 0.367. The Morgan fingerprint density at radius 2 is 1.86 bits per heavy atom. The molecule has 0 fully saturated rings. The van der Waals surface area contributed by atoms with Gasteiger partial charge in [0, 0.05) is 4.47 Å². The molecule has 0 saturated heterocycles. The van der Waals surface area contributed by atoms with Crippen molar-refractivity contribution >= 4 is 15.9 Å². The van der Waals surface area contributed by atoms with Gasteiger partial charge in [0.2, 0.25) is 11.8 Å². The van der Waals surface area contributed by atoms with Crippen molar-refractivity contribution in [1.82, 2.24) is 9.78 Å². The minimum absolute atomic E-state index is 0.0917. The Hall–Kier alpha value is -3.24. The van der Waals surface area contributed by atoms with Crippen LogP contribution in [-0.4, -0.2) is 16.9 Å². The van der Waals surface area contributed by atoms with Crippen molar-refractivity contribution in [1.29, 1.82) is 5.26 Å². The van der Waals surface area contributed by atoms with Crippen molar-refractivity contribution in [3.8, 4) is 23.4 Å². The van der Waals surface area contributed by atoms with E-state index in [2.05, 4.69) is 27.1 Å². The maximum absolute atomic E-state index is 9.74. The fourth-order valence-corrected chi connectivity index (χ4v) is 3.67. The number of halogens is 1. The number of aromatic nitrogens is 2. The molecule has 28 heavy (non-hydrogen) atoms. The normalized spacial score (nSPS) is 15.6. The predicted octanol–water partition coefficient (Wildman–Crippen LogP) is 4.17. The second-order valence-corrected chi connectivity index (χ2v) is 7.31. The van der Waals surface area contributed by atoms with Crippen LogP contribution < -0.4 is 15.2 Å². The Morgan fingerprint density at radius 3 is 2.46 bits per heavy atom. The molecule has 1 aliphatic heterocycles. The first-order valence-electron chi connectivity index (χ1n) is 8.60. The van der Waals surface area contributed by atoms with E-state index < -0.39 is 0 Å². The van der Waals surface area contributed by atoms with Crippen molar-refractivity contribution < 1.29 is 9.47 Å². The van der Waals surface area contributed by atoms with Gasteiger partial charge in [0.25, 0.3) is 0 Å². The van der Waals surface area contributed by atoms with E-state index in [4.69, 9.17) is 15.2 Å². The Bertz CT molecular complexity index is 1110. The van der Waals surface area contributed by atoms with Crippen LogP contribution in [0.25, 0.3) is 5.69 Å². The number of rotatable bonds is 3.